The highest BCUT2D eigenvalue weighted by molar-refractivity contribution is 5.74. The molecule has 10 heavy (non-hydrogen) atoms. The van der Waals surface area contributed by atoms with Crippen molar-refractivity contribution in [3.05, 3.63) is 17.6 Å². The average Bonchev–Trinajstić information content (AvgIpc) is 2.30. The Labute approximate surface area is 56.7 Å². The molecule has 4 heteroatoms. The molecule has 1 aromatic heterocycles. The largest absolute Gasteiger partial charge is 0.504 e. The number of hydrogen-bond acceptors (Lipinski definition) is 4. The molecule has 1 aromatic rings. The van der Waals surface area contributed by atoms with Gasteiger partial charge in [0.2, 0.25) is 0 Å². The van der Waals surface area contributed by atoms with E-state index in [1.54, 1.807) is 0 Å². The highest BCUT2D eigenvalue weighted by Crippen LogP contribution is 2.21. The molecule has 0 aliphatic rings. The lowest BCUT2D eigenvalue weighted by Crippen LogP contribution is -1.85. The number of carbonyl (C=O) groups excluding carboxylic acids is 1. The second-order valence-corrected chi connectivity index (χ2v) is 1.74. The van der Waals surface area contributed by atoms with Gasteiger partial charge in [-0.2, -0.15) is 0 Å². The van der Waals surface area contributed by atoms with Crippen LogP contribution in [0.25, 0.3) is 0 Å². The number of carbonyl (C=O) groups is 1. The van der Waals surface area contributed by atoms with E-state index in [9.17, 15) is 4.79 Å². The number of hydrogen-bond donors (Lipinski definition) is 2. The van der Waals surface area contributed by atoms with Gasteiger partial charge in [0.1, 0.15) is 6.26 Å². The average molecular weight is 142 g/mol. The Morgan fingerprint density at radius 3 is 2.80 bits per heavy atom. The summed E-state index contributed by atoms with van der Waals surface area (Å²) in [5, 5.41) is 17.4. The minimum Gasteiger partial charge on any atom is -0.504 e. The van der Waals surface area contributed by atoms with Crippen LogP contribution in [0.1, 0.15) is 16.1 Å². The van der Waals surface area contributed by atoms with E-state index in [1.165, 1.54) is 0 Å². The molecule has 1 rings (SSSR count). The molecule has 0 aliphatic carbocycles. The van der Waals surface area contributed by atoms with Gasteiger partial charge >= 0.3 is 0 Å². The zero-order valence-corrected chi connectivity index (χ0v) is 5.07. The van der Waals surface area contributed by atoms with E-state index < -0.39 is 6.61 Å². The summed E-state index contributed by atoms with van der Waals surface area (Å²) in [6, 6.07) is 0. The highest BCUT2D eigenvalue weighted by Gasteiger charge is 2.09. The Morgan fingerprint density at radius 1 is 1.70 bits per heavy atom. The maximum atomic E-state index is 10.1. The minimum atomic E-state index is -0.392. The van der Waals surface area contributed by atoms with Crippen LogP contribution in [-0.4, -0.2) is 16.5 Å². The molecule has 0 spiro atoms. The number of furan rings is 1. The van der Waals surface area contributed by atoms with Crippen molar-refractivity contribution in [2.75, 3.05) is 0 Å². The molecule has 54 valence electrons. The maximum Gasteiger partial charge on any atom is 0.185 e. The van der Waals surface area contributed by atoms with Crippen molar-refractivity contribution in [1.82, 2.24) is 0 Å². The number of aromatic hydroxyl groups is 1. The fraction of sp³-hybridized carbons (Fsp3) is 0.167. The van der Waals surface area contributed by atoms with Crippen molar-refractivity contribution in [3.8, 4) is 5.75 Å². The van der Waals surface area contributed by atoms with Gasteiger partial charge in [-0.1, -0.05) is 0 Å². The predicted octanol–water partition coefficient (Wildman–Crippen LogP) is 0.290. The second kappa shape index (κ2) is 2.53. The standard InChI is InChI=1S/C6H6O4/c7-1-4-5(9)3-10-6(4)2-8/h2-3,7,9H,1H2. The third-order valence-corrected chi connectivity index (χ3v) is 1.17. The first-order chi connectivity index (χ1) is 4.79. The lowest BCUT2D eigenvalue weighted by atomic mass is 10.2. The third kappa shape index (κ3) is 0.886. The van der Waals surface area contributed by atoms with Crippen molar-refractivity contribution < 1.29 is 19.4 Å². The van der Waals surface area contributed by atoms with Crippen molar-refractivity contribution in [1.29, 1.82) is 0 Å². The monoisotopic (exact) mass is 142 g/mol. The van der Waals surface area contributed by atoms with Crippen LogP contribution >= 0.6 is 0 Å². The predicted molar refractivity (Wildman–Crippen MR) is 31.7 cm³/mol. The van der Waals surface area contributed by atoms with Gasteiger partial charge in [0.25, 0.3) is 0 Å². The summed E-state index contributed by atoms with van der Waals surface area (Å²) in [5.74, 6) is -0.218. The molecule has 2 N–H and O–H groups in total. The van der Waals surface area contributed by atoms with Crippen LogP contribution in [0.5, 0.6) is 5.75 Å². The summed E-state index contributed by atoms with van der Waals surface area (Å²) in [6.45, 7) is -0.392. The van der Waals surface area contributed by atoms with E-state index in [4.69, 9.17) is 10.2 Å². The molecule has 0 bridgehead atoms. The van der Waals surface area contributed by atoms with Crippen LogP contribution in [0.4, 0.5) is 0 Å². The molecule has 0 radical (unpaired) electrons. The minimum absolute atomic E-state index is 0.0278. The number of rotatable bonds is 2. The Bertz CT molecular complexity index is 238. The zero-order chi connectivity index (χ0) is 7.56. The lowest BCUT2D eigenvalue weighted by molar-refractivity contribution is 0.109. The van der Waals surface area contributed by atoms with E-state index in [1.807, 2.05) is 0 Å². The van der Waals surface area contributed by atoms with E-state index in [2.05, 4.69) is 4.42 Å². The van der Waals surface area contributed by atoms with Crippen LogP contribution in [0.15, 0.2) is 10.7 Å². The van der Waals surface area contributed by atoms with Gasteiger partial charge in [-0.3, -0.25) is 4.79 Å². The molecule has 1 heterocycles. The fourth-order valence-electron chi connectivity index (χ4n) is 0.646. The van der Waals surface area contributed by atoms with Crippen LogP contribution in [0.2, 0.25) is 0 Å². The van der Waals surface area contributed by atoms with Crippen LogP contribution in [-0.2, 0) is 6.61 Å². The normalized spacial score (nSPS) is 9.70. The Balaban J connectivity index is 3.12. The molecule has 0 saturated carbocycles. The Morgan fingerprint density at radius 2 is 2.40 bits per heavy atom. The molecule has 0 unspecified atom stereocenters. The van der Waals surface area contributed by atoms with Gasteiger partial charge in [0.15, 0.2) is 17.8 Å². The second-order valence-electron chi connectivity index (χ2n) is 1.74. The van der Waals surface area contributed by atoms with Crippen LogP contribution in [0, 0.1) is 0 Å². The zero-order valence-electron chi connectivity index (χ0n) is 5.07. The first-order valence-corrected chi connectivity index (χ1v) is 2.65. The van der Waals surface area contributed by atoms with Gasteiger partial charge in [0, 0.05) is 0 Å². The molecule has 0 saturated heterocycles. The quantitative estimate of drug-likeness (QED) is 0.582. The van der Waals surface area contributed by atoms with E-state index in [0.717, 1.165) is 6.26 Å². The van der Waals surface area contributed by atoms with Crippen molar-refractivity contribution in [2.45, 2.75) is 6.61 Å². The summed E-state index contributed by atoms with van der Waals surface area (Å²) in [6.07, 6.45) is 1.44. The van der Waals surface area contributed by atoms with E-state index in [0.29, 0.717) is 6.29 Å². The molecule has 0 amide bonds. The smallest absolute Gasteiger partial charge is 0.185 e. The summed E-state index contributed by atoms with van der Waals surface area (Å²) in [4.78, 5) is 10.1. The van der Waals surface area contributed by atoms with Gasteiger partial charge in [-0.15, -0.1) is 0 Å². The van der Waals surface area contributed by atoms with Crippen molar-refractivity contribution >= 4 is 6.29 Å². The van der Waals surface area contributed by atoms with Crippen LogP contribution in [0.3, 0.4) is 0 Å². The van der Waals surface area contributed by atoms with E-state index >= 15 is 0 Å². The lowest BCUT2D eigenvalue weighted by Gasteiger charge is -1.88. The molecular weight excluding hydrogens is 136 g/mol. The third-order valence-electron chi connectivity index (χ3n) is 1.17. The van der Waals surface area contributed by atoms with Gasteiger partial charge in [0.05, 0.1) is 12.2 Å². The fourth-order valence-corrected chi connectivity index (χ4v) is 0.646. The maximum absolute atomic E-state index is 10.1. The molecule has 0 aliphatic heterocycles. The van der Waals surface area contributed by atoms with Crippen molar-refractivity contribution in [3.63, 3.8) is 0 Å². The van der Waals surface area contributed by atoms with Gasteiger partial charge < -0.3 is 14.6 Å². The Hall–Kier alpha value is -1.29. The molecular formula is C6H6O4. The molecule has 0 atom stereocenters. The molecule has 0 fully saturated rings. The van der Waals surface area contributed by atoms with Crippen LogP contribution < -0.4 is 0 Å². The first kappa shape index (κ1) is 6.82. The molecule has 0 aromatic carbocycles. The Kier molecular flexibility index (Phi) is 1.73. The van der Waals surface area contributed by atoms with E-state index in [-0.39, 0.29) is 17.1 Å². The summed E-state index contributed by atoms with van der Waals surface area (Å²) in [7, 11) is 0. The number of aliphatic hydroxyl groups excluding tert-OH is 1. The summed E-state index contributed by atoms with van der Waals surface area (Å²) < 4.78 is 4.56. The van der Waals surface area contributed by atoms with Gasteiger partial charge in [-0.05, 0) is 0 Å². The SMILES string of the molecule is O=Cc1occ(O)c1CO. The van der Waals surface area contributed by atoms with Crippen molar-refractivity contribution in [2.24, 2.45) is 0 Å². The number of aldehydes is 1. The topological polar surface area (TPSA) is 70.7 Å². The highest BCUT2D eigenvalue weighted by atomic mass is 16.4. The first-order valence-electron chi connectivity index (χ1n) is 2.65. The van der Waals surface area contributed by atoms with Gasteiger partial charge in [-0.25, -0.2) is 0 Å². The molecule has 4 nitrogen and oxygen atoms in total. The summed E-state index contributed by atoms with van der Waals surface area (Å²) >= 11 is 0. The number of aliphatic hydroxyl groups is 1. The summed E-state index contributed by atoms with van der Waals surface area (Å²) in [5.41, 5.74) is 0.134.